The zero-order chi connectivity index (χ0) is 21.3. The van der Waals surface area contributed by atoms with Crippen LogP contribution in [0.4, 0.5) is 5.69 Å². The summed E-state index contributed by atoms with van der Waals surface area (Å²) in [6.07, 6.45) is 0.842. The minimum atomic E-state index is -0.378. The molecule has 0 bridgehead atoms. The molecule has 1 aliphatic carbocycles. The van der Waals surface area contributed by atoms with Crippen LogP contribution in [0.3, 0.4) is 0 Å². The molecule has 7 heteroatoms. The van der Waals surface area contributed by atoms with E-state index in [1.807, 2.05) is 23.4 Å². The number of carbonyl (C=O) groups is 2. The number of phenols is 1. The number of likely N-dealkylation sites (N-methyl/N-ethyl adjacent to an activating group) is 2. The first kappa shape index (κ1) is 20.7. The van der Waals surface area contributed by atoms with Gasteiger partial charge in [-0.2, -0.15) is 0 Å². The number of Topliss-reactive ketones (excluding diaryl/α,β-unsaturated/α-hetero) is 1. The van der Waals surface area contributed by atoms with Gasteiger partial charge in [-0.25, -0.2) is 0 Å². The van der Waals surface area contributed by atoms with Crippen LogP contribution in [-0.4, -0.2) is 42.8 Å². The zero-order valence-electron chi connectivity index (χ0n) is 17.0. The van der Waals surface area contributed by atoms with Gasteiger partial charge in [0.1, 0.15) is 5.70 Å². The van der Waals surface area contributed by atoms with Crippen LogP contribution in [0.1, 0.15) is 34.6 Å². The van der Waals surface area contributed by atoms with Gasteiger partial charge in [0.2, 0.25) is 5.78 Å². The van der Waals surface area contributed by atoms with Crippen LogP contribution < -0.4 is 10.2 Å². The molecule has 29 heavy (non-hydrogen) atoms. The average Bonchev–Trinajstić information content (AvgIpc) is 3.25. The molecular formula is C22H25N3O3S. The van der Waals surface area contributed by atoms with Crippen LogP contribution in [0.15, 0.2) is 59.3 Å². The van der Waals surface area contributed by atoms with E-state index < -0.39 is 0 Å². The summed E-state index contributed by atoms with van der Waals surface area (Å²) in [5, 5.41) is 15.2. The predicted molar refractivity (Wildman–Crippen MR) is 116 cm³/mol. The molecule has 1 amide bonds. The first-order valence-corrected chi connectivity index (χ1v) is 10.2. The highest BCUT2D eigenvalue weighted by Crippen LogP contribution is 2.42. The van der Waals surface area contributed by atoms with Gasteiger partial charge in [-0.3, -0.25) is 9.59 Å². The van der Waals surface area contributed by atoms with E-state index in [1.165, 1.54) is 11.9 Å². The number of benzene rings is 1. The van der Waals surface area contributed by atoms with Crippen molar-refractivity contribution in [3.05, 3.63) is 69.7 Å². The number of thiophene rings is 1. The zero-order valence-corrected chi connectivity index (χ0v) is 17.8. The van der Waals surface area contributed by atoms with Crippen LogP contribution in [0.5, 0.6) is 5.75 Å². The normalized spacial score (nSPS) is 14.5. The topological polar surface area (TPSA) is 72.9 Å². The largest absolute Gasteiger partial charge is 0.505 e. The quantitative estimate of drug-likeness (QED) is 0.680. The molecule has 2 N–H and O–H groups in total. The Morgan fingerprint density at radius 3 is 2.55 bits per heavy atom. The molecule has 0 aliphatic heterocycles. The van der Waals surface area contributed by atoms with Crippen molar-refractivity contribution in [1.82, 2.24) is 10.2 Å². The van der Waals surface area contributed by atoms with E-state index in [-0.39, 0.29) is 29.0 Å². The maximum atomic E-state index is 12.7. The van der Waals surface area contributed by atoms with Crippen LogP contribution in [-0.2, 0) is 4.79 Å². The molecule has 0 radical (unpaired) electrons. The Morgan fingerprint density at radius 2 is 1.97 bits per heavy atom. The summed E-state index contributed by atoms with van der Waals surface area (Å²) in [6, 6.07) is 9.09. The Bertz CT molecular complexity index is 995. The van der Waals surface area contributed by atoms with Gasteiger partial charge in [0.15, 0.2) is 5.75 Å². The van der Waals surface area contributed by atoms with Crippen molar-refractivity contribution in [3.8, 4) is 5.75 Å². The number of carbonyl (C=O) groups excluding carboxylic acids is 2. The summed E-state index contributed by atoms with van der Waals surface area (Å²) in [5.41, 5.74) is 2.21. The fraction of sp³-hybridized carbons (Fsp3) is 0.273. The molecule has 1 heterocycles. The van der Waals surface area contributed by atoms with E-state index in [0.717, 1.165) is 6.42 Å². The lowest BCUT2D eigenvalue weighted by atomic mass is 9.89. The van der Waals surface area contributed by atoms with E-state index in [4.69, 9.17) is 0 Å². The van der Waals surface area contributed by atoms with Gasteiger partial charge in [0, 0.05) is 31.6 Å². The Kier molecular flexibility index (Phi) is 5.79. The second-order valence-electron chi connectivity index (χ2n) is 6.87. The third-order valence-corrected chi connectivity index (χ3v) is 6.23. The lowest BCUT2D eigenvalue weighted by molar-refractivity contribution is -0.115. The number of hydrogen-bond acceptors (Lipinski definition) is 6. The number of anilines is 1. The number of ketones is 1. The SMILES string of the molecule is C=C1C(=O)C(N(C)[C@H](CC)c2cccs2)=C1N(C)c1cccc(C(=O)NC)c1O. The maximum absolute atomic E-state index is 12.7. The monoisotopic (exact) mass is 411 g/mol. The number of nitrogens with one attached hydrogen (secondary N) is 1. The van der Waals surface area contributed by atoms with Crippen molar-refractivity contribution < 1.29 is 14.7 Å². The molecule has 0 saturated heterocycles. The Hall–Kier alpha value is -3.06. The van der Waals surface area contributed by atoms with Crippen molar-refractivity contribution in [2.45, 2.75) is 19.4 Å². The first-order valence-electron chi connectivity index (χ1n) is 9.35. The van der Waals surface area contributed by atoms with Gasteiger partial charge in [-0.1, -0.05) is 25.6 Å². The van der Waals surface area contributed by atoms with Gasteiger partial charge in [0.05, 0.1) is 23.0 Å². The number of amides is 1. The molecule has 1 aromatic heterocycles. The third kappa shape index (κ3) is 3.42. The van der Waals surface area contributed by atoms with E-state index in [0.29, 0.717) is 22.7 Å². The number of allylic oxidation sites excluding steroid dienone is 2. The number of hydrogen-bond donors (Lipinski definition) is 2. The molecule has 1 aliphatic rings. The predicted octanol–water partition coefficient (Wildman–Crippen LogP) is 3.68. The van der Waals surface area contributed by atoms with Crippen molar-refractivity contribution in [3.63, 3.8) is 0 Å². The summed E-state index contributed by atoms with van der Waals surface area (Å²) in [4.78, 5) is 29.6. The summed E-state index contributed by atoms with van der Waals surface area (Å²) in [6.45, 7) is 6.00. The molecule has 2 aromatic rings. The van der Waals surface area contributed by atoms with Crippen LogP contribution in [0, 0.1) is 0 Å². The van der Waals surface area contributed by atoms with Gasteiger partial charge in [0.25, 0.3) is 5.91 Å². The molecule has 0 spiro atoms. The average molecular weight is 412 g/mol. The molecular weight excluding hydrogens is 386 g/mol. The third-order valence-electron chi connectivity index (χ3n) is 5.26. The minimum absolute atomic E-state index is 0.0660. The second-order valence-corrected chi connectivity index (χ2v) is 7.85. The maximum Gasteiger partial charge on any atom is 0.254 e. The molecule has 0 fully saturated rings. The van der Waals surface area contributed by atoms with Crippen LogP contribution in [0.25, 0.3) is 0 Å². The highest BCUT2D eigenvalue weighted by Gasteiger charge is 2.40. The number of phenolic OH excluding ortho intramolecular Hbond substituents is 1. The number of rotatable bonds is 7. The van der Waals surface area contributed by atoms with Crippen molar-refractivity contribution >= 4 is 28.7 Å². The smallest absolute Gasteiger partial charge is 0.254 e. The number of nitrogens with zero attached hydrogens (tertiary/aromatic N) is 2. The second kappa shape index (κ2) is 8.13. The lowest BCUT2D eigenvalue weighted by Gasteiger charge is -2.40. The molecule has 1 aromatic carbocycles. The minimum Gasteiger partial charge on any atom is -0.505 e. The summed E-state index contributed by atoms with van der Waals surface area (Å²) >= 11 is 1.66. The highest BCUT2D eigenvalue weighted by molar-refractivity contribution is 7.10. The summed E-state index contributed by atoms with van der Waals surface area (Å²) < 4.78 is 0. The van der Waals surface area contributed by atoms with Crippen molar-refractivity contribution in [1.29, 1.82) is 0 Å². The molecule has 1 atom stereocenters. The Morgan fingerprint density at radius 1 is 1.24 bits per heavy atom. The molecule has 0 saturated carbocycles. The number of aromatic hydroxyl groups is 1. The standard InChI is InChI=1S/C22H25N3O3S/c1-6-15(17-11-8-12-29-17)24(4)19-18(13(2)20(19)26)25(5)16-10-7-9-14(21(16)27)22(28)23-3/h7-12,15,27H,2,6H2,1,3-5H3,(H,23,28)/t15-/m1/s1. The van der Waals surface area contributed by atoms with Crippen molar-refractivity contribution in [2.24, 2.45) is 0 Å². The van der Waals surface area contributed by atoms with Gasteiger partial charge >= 0.3 is 0 Å². The number of para-hydroxylation sites is 1. The fourth-order valence-corrected chi connectivity index (χ4v) is 4.62. The van der Waals surface area contributed by atoms with Crippen LogP contribution >= 0.6 is 11.3 Å². The van der Waals surface area contributed by atoms with Crippen molar-refractivity contribution in [2.75, 3.05) is 26.0 Å². The molecule has 6 nitrogen and oxygen atoms in total. The van der Waals surface area contributed by atoms with Gasteiger partial charge in [-0.05, 0) is 30.0 Å². The molecule has 152 valence electrons. The van der Waals surface area contributed by atoms with E-state index in [1.54, 1.807) is 41.5 Å². The van der Waals surface area contributed by atoms with Crippen LogP contribution in [0.2, 0.25) is 0 Å². The summed E-state index contributed by atoms with van der Waals surface area (Å²) in [5.74, 6) is -0.621. The van der Waals surface area contributed by atoms with Gasteiger partial charge < -0.3 is 20.2 Å². The highest BCUT2D eigenvalue weighted by atomic mass is 32.1. The Labute approximate surface area is 174 Å². The Balaban J connectivity index is 2.04. The molecule has 0 unspecified atom stereocenters. The first-order chi connectivity index (χ1) is 13.8. The molecule has 3 rings (SSSR count). The van der Waals surface area contributed by atoms with E-state index >= 15 is 0 Å². The van der Waals surface area contributed by atoms with E-state index in [9.17, 15) is 14.7 Å². The summed E-state index contributed by atoms with van der Waals surface area (Å²) in [7, 11) is 5.17. The van der Waals surface area contributed by atoms with E-state index in [2.05, 4.69) is 24.9 Å². The van der Waals surface area contributed by atoms with Gasteiger partial charge in [-0.15, -0.1) is 11.3 Å². The fourth-order valence-electron chi connectivity index (χ4n) is 3.67. The lowest BCUT2D eigenvalue weighted by Crippen LogP contribution is -2.41.